The van der Waals surface area contributed by atoms with E-state index in [0.717, 1.165) is 31.7 Å². The van der Waals surface area contributed by atoms with Gasteiger partial charge in [0.1, 0.15) is 5.76 Å². The third-order valence-electron chi connectivity index (χ3n) is 3.86. The molecule has 0 aliphatic carbocycles. The number of piperidine rings is 1. The van der Waals surface area contributed by atoms with Gasteiger partial charge in [0.25, 0.3) is 0 Å². The zero-order valence-corrected chi connectivity index (χ0v) is 11.0. The first kappa shape index (κ1) is 12.7. The van der Waals surface area contributed by atoms with E-state index in [2.05, 4.69) is 0 Å². The lowest BCUT2D eigenvalue weighted by atomic mass is 10.0. The molecule has 1 spiro atoms. The van der Waals surface area contributed by atoms with E-state index in [1.165, 1.54) is 0 Å². The molecule has 1 amide bonds. The Morgan fingerprint density at radius 2 is 2.00 bits per heavy atom. The highest BCUT2D eigenvalue weighted by Crippen LogP contribution is 2.31. The van der Waals surface area contributed by atoms with Crippen LogP contribution in [-0.2, 0) is 20.7 Å². The van der Waals surface area contributed by atoms with E-state index >= 15 is 0 Å². The fourth-order valence-corrected chi connectivity index (χ4v) is 2.73. The number of rotatable bonds is 3. The van der Waals surface area contributed by atoms with Gasteiger partial charge in [-0.2, -0.15) is 0 Å². The van der Waals surface area contributed by atoms with Gasteiger partial charge in [0.15, 0.2) is 5.79 Å². The zero-order valence-electron chi connectivity index (χ0n) is 11.0. The number of hydrogen-bond donors (Lipinski definition) is 0. The molecule has 0 saturated carbocycles. The first-order chi connectivity index (χ1) is 9.27. The Morgan fingerprint density at radius 3 is 2.63 bits per heavy atom. The lowest BCUT2D eigenvalue weighted by Crippen LogP contribution is -2.47. The third-order valence-corrected chi connectivity index (χ3v) is 3.86. The highest BCUT2D eigenvalue weighted by Gasteiger charge is 2.40. The van der Waals surface area contributed by atoms with Crippen molar-refractivity contribution >= 4 is 5.91 Å². The number of furan rings is 1. The average Bonchev–Trinajstić information content (AvgIpc) is 3.09. The molecule has 0 unspecified atom stereocenters. The average molecular weight is 265 g/mol. The topological polar surface area (TPSA) is 51.9 Å². The number of aryl methyl sites for hydroxylation is 1. The summed E-state index contributed by atoms with van der Waals surface area (Å²) in [5.74, 6) is 0.645. The van der Waals surface area contributed by atoms with Gasteiger partial charge in [-0.3, -0.25) is 4.79 Å². The molecule has 0 N–H and O–H groups in total. The molecule has 1 aromatic rings. The van der Waals surface area contributed by atoms with Crippen molar-refractivity contribution in [3.8, 4) is 0 Å². The van der Waals surface area contributed by atoms with Crippen molar-refractivity contribution in [1.29, 1.82) is 0 Å². The minimum absolute atomic E-state index is 0.184. The van der Waals surface area contributed by atoms with Crippen LogP contribution in [0.15, 0.2) is 22.8 Å². The van der Waals surface area contributed by atoms with Gasteiger partial charge in [0.05, 0.1) is 19.5 Å². The summed E-state index contributed by atoms with van der Waals surface area (Å²) in [6.07, 6.45) is 4.36. The highest BCUT2D eigenvalue weighted by atomic mass is 16.7. The van der Waals surface area contributed by atoms with Crippen molar-refractivity contribution in [3.63, 3.8) is 0 Å². The van der Waals surface area contributed by atoms with Gasteiger partial charge in [-0.15, -0.1) is 0 Å². The fraction of sp³-hybridized carbons (Fsp3) is 0.643. The van der Waals surface area contributed by atoms with E-state index in [0.29, 0.717) is 26.1 Å². The molecule has 2 fully saturated rings. The second kappa shape index (κ2) is 5.35. The second-order valence-corrected chi connectivity index (χ2v) is 5.07. The van der Waals surface area contributed by atoms with Crippen LogP contribution in [-0.4, -0.2) is 42.9 Å². The molecule has 19 heavy (non-hydrogen) atoms. The number of nitrogens with zero attached hydrogens (tertiary/aromatic N) is 1. The molecular formula is C14H19NO4. The van der Waals surface area contributed by atoms with Crippen LogP contribution in [0.2, 0.25) is 0 Å². The van der Waals surface area contributed by atoms with Gasteiger partial charge in [-0.25, -0.2) is 0 Å². The van der Waals surface area contributed by atoms with Crippen molar-refractivity contribution < 1.29 is 18.7 Å². The fourth-order valence-electron chi connectivity index (χ4n) is 2.73. The summed E-state index contributed by atoms with van der Waals surface area (Å²) in [4.78, 5) is 14.0. The van der Waals surface area contributed by atoms with E-state index < -0.39 is 5.79 Å². The van der Waals surface area contributed by atoms with Gasteiger partial charge < -0.3 is 18.8 Å². The van der Waals surface area contributed by atoms with Gasteiger partial charge in [0, 0.05) is 38.8 Å². The summed E-state index contributed by atoms with van der Waals surface area (Å²) < 4.78 is 16.5. The molecule has 0 aromatic carbocycles. The number of amides is 1. The summed E-state index contributed by atoms with van der Waals surface area (Å²) in [5, 5.41) is 0. The van der Waals surface area contributed by atoms with Crippen molar-refractivity contribution in [2.24, 2.45) is 0 Å². The van der Waals surface area contributed by atoms with Crippen LogP contribution < -0.4 is 0 Å². The normalized spacial score (nSPS) is 22.0. The molecular weight excluding hydrogens is 246 g/mol. The Morgan fingerprint density at radius 1 is 1.26 bits per heavy atom. The van der Waals surface area contributed by atoms with E-state index in [1.807, 2.05) is 17.0 Å². The lowest BCUT2D eigenvalue weighted by molar-refractivity contribution is -0.187. The summed E-state index contributed by atoms with van der Waals surface area (Å²) in [6.45, 7) is 2.78. The smallest absolute Gasteiger partial charge is 0.223 e. The largest absolute Gasteiger partial charge is 0.469 e. The zero-order chi connectivity index (χ0) is 13.1. The Balaban J connectivity index is 1.46. The minimum Gasteiger partial charge on any atom is -0.469 e. The summed E-state index contributed by atoms with van der Waals surface area (Å²) in [6, 6.07) is 3.75. The maximum absolute atomic E-state index is 12.1. The quantitative estimate of drug-likeness (QED) is 0.832. The molecule has 104 valence electrons. The standard InChI is InChI=1S/C14H19NO4/c16-13(4-3-12-2-1-9-17-12)15-7-5-14(6-8-15)18-10-11-19-14/h1-2,9H,3-8,10-11H2. The van der Waals surface area contributed by atoms with E-state index in [-0.39, 0.29) is 5.91 Å². The maximum atomic E-state index is 12.1. The molecule has 5 nitrogen and oxygen atoms in total. The number of hydrogen-bond acceptors (Lipinski definition) is 4. The molecule has 3 heterocycles. The van der Waals surface area contributed by atoms with Crippen molar-refractivity contribution in [3.05, 3.63) is 24.2 Å². The second-order valence-electron chi connectivity index (χ2n) is 5.07. The molecule has 2 aliphatic heterocycles. The number of likely N-dealkylation sites (tertiary alicyclic amines) is 1. The van der Waals surface area contributed by atoms with Crippen molar-refractivity contribution in [1.82, 2.24) is 4.90 Å². The number of ether oxygens (including phenoxy) is 2. The molecule has 0 atom stereocenters. The predicted molar refractivity (Wildman–Crippen MR) is 67.5 cm³/mol. The van der Waals surface area contributed by atoms with Crippen molar-refractivity contribution in [2.45, 2.75) is 31.5 Å². The Kier molecular flexibility index (Phi) is 3.57. The first-order valence-corrected chi connectivity index (χ1v) is 6.86. The summed E-state index contributed by atoms with van der Waals surface area (Å²) in [5.41, 5.74) is 0. The molecule has 1 aromatic heterocycles. The van der Waals surface area contributed by atoms with Crippen LogP contribution in [0, 0.1) is 0 Å². The minimum atomic E-state index is -0.405. The molecule has 2 saturated heterocycles. The van der Waals surface area contributed by atoms with E-state index in [4.69, 9.17) is 13.9 Å². The third kappa shape index (κ3) is 2.82. The Hall–Kier alpha value is -1.33. The summed E-state index contributed by atoms with van der Waals surface area (Å²) >= 11 is 0. The van der Waals surface area contributed by atoms with Crippen LogP contribution in [0.5, 0.6) is 0 Å². The predicted octanol–water partition coefficient (Wildman–Crippen LogP) is 1.58. The molecule has 3 rings (SSSR count). The number of carbonyl (C=O) groups is 1. The molecule has 2 aliphatic rings. The Labute approximate surface area is 112 Å². The van der Waals surface area contributed by atoms with Crippen LogP contribution in [0.3, 0.4) is 0 Å². The van der Waals surface area contributed by atoms with Gasteiger partial charge >= 0.3 is 0 Å². The van der Waals surface area contributed by atoms with Gasteiger partial charge in [0.2, 0.25) is 5.91 Å². The van der Waals surface area contributed by atoms with Crippen LogP contribution >= 0.6 is 0 Å². The van der Waals surface area contributed by atoms with Crippen molar-refractivity contribution in [2.75, 3.05) is 26.3 Å². The molecule has 0 bridgehead atoms. The Bertz CT molecular complexity index is 413. The highest BCUT2D eigenvalue weighted by molar-refractivity contribution is 5.76. The van der Waals surface area contributed by atoms with Crippen LogP contribution in [0.1, 0.15) is 25.0 Å². The van der Waals surface area contributed by atoms with Crippen LogP contribution in [0.4, 0.5) is 0 Å². The first-order valence-electron chi connectivity index (χ1n) is 6.86. The van der Waals surface area contributed by atoms with E-state index in [1.54, 1.807) is 6.26 Å². The number of carbonyl (C=O) groups excluding carboxylic acids is 1. The van der Waals surface area contributed by atoms with E-state index in [9.17, 15) is 4.79 Å². The molecule has 5 heteroatoms. The maximum Gasteiger partial charge on any atom is 0.223 e. The van der Waals surface area contributed by atoms with Gasteiger partial charge in [-0.1, -0.05) is 0 Å². The molecule has 0 radical (unpaired) electrons. The lowest BCUT2D eigenvalue weighted by Gasteiger charge is -2.37. The van der Waals surface area contributed by atoms with Gasteiger partial charge in [-0.05, 0) is 12.1 Å². The SMILES string of the molecule is O=C(CCc1ccco1)N1CCC2(CC1)OCCO2. The summed E-state index contributed by atoms with van der Waals surface area (Å²) in [7, 11) is 0. The van der Waals surface area contributed by atoms with Crippen LogP contribution in [0.25, 0.3) is 0 Å². The monoisotopic (exact) mass is 265 g/mol.